The monoisotopic (exact) mass is 474 g/mol. The summed E-state index contributed by atoms with van der Waals surface area (Å²) < 4.78 is 13.5. The van der Waals surface area contributed by atoms with Crippen molar-refractivity contribution in [3.05, 3.63) is 46.6 Å². The van der Waals surface area contributed by atoms with Gasteiger partial charge in [-0.05, 0) is 58.6 Å². The molecule has 2 aliphatic rings. The van der Waals surface area contributed by atoms with E-state index in [1.165, 1.54) is 12.8 Å². The molecule has 9 nitrogen and oxygen atoms in total. The summed E-state index contributed by atoms with van der Waals surface area (Å²) in [4.78, 5) is 20.6. The Morgan fingerprint density at radius 2 is 1.94 bits per heavy atom. The number of carbonyl (C=O) groups is 1. The van der Waals surface area contributed by atoms with Crippen LogP contribution in [0.25, 0.3) is 22.4 Å². The minimum atomic E-state index is -0.0249. The van der Waals surface area contributed by atoms with Crippen molar-refractivity contribution >= 4 is 17.0 Å². The zero-order valence-corrected chi connectivity index (χ0v) is 20.5. The van der Waals surface area contributed by atoms with Crippen molar-refractivity contribution in [2.75, 3.05) is 13.1 Å². The second-order valence-corrected chi connectivity index (χ2v) is 9.86. The van der Waals surface area contributed by atoms with Gasteiger partial charge in [-0.25, -0.2) is 4.98 Å². The highest BCUT2D eigenvalue weighted by Gasteiger charge is 2.32. The van der Waals surface area contributed by atoms with Crippen LogP contribution in [0.2, 0.25) is 0 Å². The van der Waals surface area contributed by atoms with Crippen molar-refractivity contribution < 1.29 is 13.7 Å². The van der Waals surface area contributed by atoms with Crippen LogP contribution in [0.15, 0.2) is 21.1 Å². The van der Waals surface area contributed by atoms with Crippen LogP contribution in [0.5, 0.6) is 0 Å². The average molecular weight is 475 g/mol. The fourth-order valence-corrected chi connectivity index (χ4v) is 5.64. The predicted molar refractivity (Wildman–Crippen MR) is 129 cm³/mol. The van der Waals surface area contributed by atoms with Crippen molar-refractivity contribution in [2.45, 2.75) is 71.8 Å². The number of furan rings is 1. The lowest BCUT2D eigenvalue weighted by Crippen LogP contribution is -2.40. The van der Waals surface area contributed by atoms with Gasteiger partial charge in [0, 0.05) is 37.5 Å². The van der Waals surface area contributed by atoms with Crippen LogP contribution in [0.1, 0.15) is 77.2 Å². The van der Waals surface area contributed by atoms with E-state index >= 15 is 0 Å². The van der Waals surface area contributed by atoms with Crippen LogP contribution in [0, 0.1) is 20.8 Å². The van der Waals surface area contributed by atoms with E-state index in [0.717, 1.165) is 61.0 Å². The molecule has 0 saturated carbocycles. The third-order valence-electron chi connectivity index (χ3n) is 7.38. The van der Waals surface area contributed by atoms with Crippen LogP contribution >= 0.6 is 0 Å². The van der Waals surface area contributed by atoms with Crippen molar-refractivity contribution in [3.63, 3.8) is 0 Å². The fraction of sp³-hybridized carbons (Fsp3) is 0.500. The Labute approximate surface area is 203 Å². The van der Waals surface area contributed by atoms with E-state index < -0.39 is 0 Å². The van der Waals surface area contributed by atoms with Crippen LogP contribution < -0.4 is 0 Å². The van der Waals surface area contributed by atoms with Gasteiger partial charge in [0.2, 0.25) is 0 Å². The topological polar surface area (TPSA) is 103 Å². The second kappa shape index (κ2) is 8.62. The molecule has 6 heterocycles. The largest absolute Gasteiger partial charge is 0.466 e. The van der Waals surface area contributed by atoms with E-state index in [4.69, 9.17) is 8.94 Å². The molecule has 0 spiro atoms. The number of hydrogen-bond acceptors (Lipinski definition) is 7. The number of fused-ring (bicyclic) bond motifs is 2. The van der Waals surface area contributed by atoms with Gasteiger partial charge in [-0.2, -0.15) is 0 Å². The first-order valence-corrected chi connectivity index (χ1v) is 12.6. The van der Waals surface area contributed by atoms with Gasteiger partial charge in [0.05, 0.1) is 22.3 Å². The van der Waals surface area contributed by atoms with Crippen molar-refractivity contribution in [3.8, 4) is 11.3 Å². The number of amides is 1. The first kappa shape index (κ1) is 22.0. The van der Waals surface area contributed by atoms with Gasteiger partial charge in [-0.15, -0.1) is 10.2 Å². The molecule has 1 atom stereocenters. The van der Waals surface area contributed by atoms with Gasteiger partial charge in [-0.1, -0.05) is 11.6 Å². The predicted octanol–water partition coefficient (Wildman–Crippen LogP) is 4.75. The van der Waals surface area contributed by atoms with Crippen molar-refractivity contribution in [1.29, 1.82) is 0 Å². The molecule has 0 radical (unpaired) electrons. The normalized spacial score (nSPS) is 18.6. The standard InChI is InChI=1S/C26H30N6O3/c1-15-12-19(17(3)34-15)21-13-20(23-16(2)30-35-25(23)27-21)26(33)31-10-7-8-18(14-31)24-29-28-22-9-5-4-6-11-32(22)24/h12-13,18H,4-11,14H2,1-3H3. The molecule has 4 aromatic rings. The fourth-order valence-electron chi connectivity index (χ4n) is 5.64. The third-order valence-corrected chi connectivity index (χ3v) is 7.38. The lowest BCUT2D eigenvalue weighted by atomic mass is 9.95. The van der Waals surface area contributed by atoms with Crippen LogP contribution in [0.4, 0.5) is 0 Å². The Kier molecular flexibility index (Phi) is 5.42. The molecule has 1 unspecified atom stereocenters. The van der Waals surface area contributed by atoms with E-state index in [0.29, 0.717) is 41.1 Å². The van der Waals surface area contributed by atoms with E-state index in [-0.39, 0.29) is 11.8 Å². The molecule has 35 heavy (non-hydrogen) atoms. The number of rotatable bonds is 3. The highest BCUT2D eigenvalue weighted by Crippen LogP contribution is 2.33. The van der Waals surface area contributed by atoms with E-state index in [2.05, 4.69) is 24.9 Å². The molecular weight excluding hydrogens is 444 g/mol. The maximum Gasteiger partial charge on any atom is 0.259 e. The Morgan fingerprint density at radius 1 is 1.06 bits per heavy atom. The Balaban J connectivity index is 1.35. The number of hydrogen-bond donors (Lipinski definition) is 0. The summed E-state index contributed by atoms with van der Waals surface area (Å²) in [5.41, 5.74) is 3.12. The van der Waals surface area contributed by atoms with E-state index in [9.17, 15) is 4.79 Å². The molecule has 0 bridgehead atoms. The van der Waals surface area contributed by atoms with Gasteiger partial charge < -0.3 is 18.4 Å². The average Bonchev–Trinajstić information content (AvgIpc) is 3.49. The minimum Gasteiger partial charge on any atom is -0.466 e. The SMILES string of the molecule is Cc1cc(-c2cc(C(=O)N3CCCC(c4nnc5n4CCCCC5)C3)c3c(C)noc3n2)c(C)o1. The minimum absolute atomic E-state index is 0.0249. The van der Waals surface area contributed by atoms with Crippen LogP contribution in [-0.2, 0) is 13.0 Å². The lowest BCUT2D eigenvalue weighted by Gasteiger charge is -2.32. The molecule has 1 saturated heterocycles. The number of nitrogens with zero attached hydrogens (tertiary/aromatic N) is 6. The first-order valence-electron chi connectivity index (χ1n) is 12.6. The molecule has 0 aromatic carbocycles. The van der Waals surface area contributed by atoms with E-state index in [1.54, 1.807) is 0 Å². The summed E-state index contributed by atoms with van der Waals surface area (Å²) in [6.45, 7) is 7.96. The van der Waals surface area contributed by atoms with Gasteiger partial charge in [-0.3, -0.25) is 4.79 Å². The number of aryl methyl sites for hydroxylation is 4. The van der Waals surface area contributed by atoms with Gasteiger partial charge in [0.15, 0.2) is 0 Å². The molecule has 2 aliphatic heterocycles. The van der Waals surface area contributed by atoms with Gasteiger partial charge in [0.1, 0.15) is 23.2 Å². The molecule has 4 aromatic heterocycles. The van der Waals surface area contributed by atoms with Gasteiger partial charge in [0.25, 0.3) is 11.6 Å². The summed E-state index contributed by atoms with van der Waals surface area (Å²) in [5, 5.41) is 13.9. The molecule has 0 N–H and O–H groups in total. The highest BCUT2D eigenvalue weighted by molar-refractivity contribution is 6.07. The number of likely N-dealkylation sites (tertiary alicyclic amines) is 1. The summed E-state index contributed by atoms with van der Waals surface area (Å²) in [5.74, 6) is 3.84. The maximum absolute atomic E-state index is 14.0. The van der Waals surface area contributed by atoms with Crippen LogP contribution in [-0.4, -0.2) is 48.8 Å². The summed E-state index contributed by atoms with van der Waals surface area (Å²) in [6.07, 6.45) is 6.49. The summed E-state index contributed by atoms with van der Waals surface area (Å²) >= 11 is 0. The highest BCUT2D eigenvalue weighted by atomic mass is 16.5. The van der Waals surface area contributed by atoms with Crippen molar-refractivity contribution in [1.82, 2.24) is 29.8 Å². The zero-order valence-electron chi connectivity index (χ0n) is 20.5. The quantitative estimate of drug-likeness (QED) is 0.422. The number of carbonyl (C=O) groups excluding carboxylic acids is 1. The molecule has 9 heteroatoms. The number of pyridine rings is 1. The number of piperidine rings is 1. The van der Waals surface area contributed by atoms with E-state index in [1.807, 2.05) is 37.8 Å². The summed E-state index contributed by atoms with van der Waals surface area (Å²) in [7, 11) is 0. The molecular formula is C26H30N6O3. The van der Waals surface area contributed by atoms with Crippen LogP contribution in [0.3, 0.4) is 0 Å². The zero-order chi connectivity index (χ0) is 24.1. The smallest absolute Gasteiger partial charge is 0.259 e. The van der Waals surface area contributed by atoms with Gasteiger partial charge >= 0.3 is 0 Å². The third kappa shape index (κ3) is 3.83. The molecule has 0 aliphatic carbocycles. The maximum atomic E-state index is 14.0. The lowest BCUT2D eigenvalue weighted by molar-refractivity contribution is 0.0705. The second-order valence-electron chi connectivity index (χ2n) is 9.86. The first-order chi connectivity index (χ1) is 17.0. The Bertz CT molecular complexity index is 1410. The Hall–Kier alpha value is -3.49. The molecule has 6 rings (SSSR count). The molecule has 1 amide bonds. The Morgan fingerprint density at radius 3 is 2.77 bits per heavy atom. The molecule has 1 fully saturated rings. The van der Waals surface area contributed by atoms with Crippen molar-refractivity contribution in [2.24, 2.45) is 0 Å². The summed E-state index contributed by atoms with van der Waals surface area (Å²) in [6, 6.07) is 3.80. The number of aromatic nitrogens is 5. The molecule has 182 valence electrons.